The Hall–Kier alpha value is -5.38. The Bertz CT molecular complexity index is 1420. The summed E-state index contributed by atoms with van der Waals surface area (Å²) in [4.78, 5) is 125. The first-order chi connectivity index (χ1) is 25.7. The lowest BCUT2D eigenvalue weighted by Crippen LogP contribution is -2.59. The summed E-state index contributed by atoms with van der Waals surface area (Å²) in [5.41, 5.74) is 11.0. The minimum absolute atomic E-state index is 0.0974. The van der Waals surface area contributed by atoms with E-state index in [1.54, 1.807) is 13.8 Å². The molecule has 0 aliphatic carbocycles. The predicted octanol–water partition coefficient (Wildman–Crippen LogP) is -4.61. The summed E-state index contributed by atoms with van der Waals surface area (Å²) in [6.07, 6.45) is -0.939. The Morgan fingerprint density at radius 1 is 0.727 bits per heavy atom. The molecular formula is C33H55N9O13. The van der Waals surface area contributed by atoms with Gasteiger partial charge in [0.25, 0.3) is 0 Å². The zero-order valence-corrected chi connectivity index (χ0v) is 31.4. The average Bonchev–Trinajstić information content (AvgIpc) is 3.60. The largest absolute Gasteiger partial charge is 0.481 e. The van der Waals surface area contributed by atoms with Crippen LogP contribution in [0.2, 0.25) is 0 Å². The third kappa shape index (κ3) is 17.1. The Kier molecular flexibility index (Phi) is 20.3. The van der Waals surface area contributed by atoms with E-state index in [2.05, 4.69) is 31.9 Å². The summed E-state index contributed by atoms with van der Waals surface area (Å²) >= 11 is 0. The van der Waals surface area contributed by atoms with E-state index in [0.717, 1.165) is 0 Å². The smallest absolute Gasteiger partial charge is 0.326 e. The number of carboxylic acids is 2. The molecule has 6 atom stereocenters. The summed E-state index contributed by atoms with van der Waals surface area (Å²) < 4.78 is 0. The van der Waals surface area contributed by atoms with E-state index in [1.165, 1.54) is 4.90 Å². The molecule has 0 saturated carbocycles. The van der Waals surface area contributed by atoms with Gasteiger partial charge in [0.05, 0.1) is 25.7 Å². The maximum Gasteiger partial charge on any atom is 0.326 e. The predicted molar refractivity (Wildman–Crippen MR) is 191 cm³/mol. The van der Waals surface area contributed by atoms with E-state index < -0.39 is 128 Å². The van der Waals surface area contributed by atoms with Crippen LogP contribution < -0.4 is 43.4 Å². The molecule has 22 nitrogen and oxygen atoms in total. The SMILES string of the molecule is CC(C)C[C@H](NC(=O)[C@H](CO)NC(=O)[C@@H](N)C(C)C)C(=O)N1CCC[C@H]1C(=O)NCC(=O)NCC(=O)N[C@@H](CCC(N)=O)C(=O)N[C@@H](CCC(=O)O)C(=O)O. The number of nitrogens with one attached hydrogen (secondary N) is 6. The van der Waals surface area contributed by atoms with Crippen molar-refractivity contribution in [2.75, 3.05) is 26.2 Å². The van der Waals surface area contributed by atoms with Gasteiger partial charge >= 0.3 is 11.9 Å². The Morgan fingerprint density at radius 3 is 1.84 bits per heavy atom. The Labute approximate surface area is 317 Å². The van der Waals surface area contributed by atoms with E-state index in [0.29, 0.717) is 6.42 Å². The number of primary amides is 1. The summed E-state index contributed by atoms with van der Waals surface area (Å²) in [7, 11) is 0. The molecule has 0 radical (unpaired) electrons. The number of rotatable bonds is 24. The number of amides is 8. The van der Waals surface area contributed by atoms with Crippen LogP contribution in [0.1, 0.15) is 72.6 Å². The summed E-state index contributed by atoms with van der Waals surface area (Å²) in [6.45, 7) is 5.10. The Balaban J connectivity index is 2.84. The van der Waals surface area contributed by atoms with Crippen molar-refractivity contribution in [3.8, 4) is 0 Å². The van der Waals surface area contributed by atoms with Gasteiger partial charge in [0.1, 0.15) is 30.2 Å². The van der Waals surface area contributed by atoms with Crippen molar-refractivity contribution >= 4 is 59.2 Å². The van der Waals surface area contributed by atoms with Crippen LogP contribution in [0.5, 0.6) is 0 Å². The maximum absolute atomic E-state index is 13.7. The molecule has 13 N–H and O–H groups in total. The minimum Gasteiger partial charge on any atom is -0.481 e. The number of likely N-dealkylation sites (tertiary alicyclic amines) is 1. The van der Waals surface area contributed by atoms with Crippen LogP contribution in [-0.4, -0.2) is 142 Å². The second-order valence-electron chi connectivity index (χ2n) is 13.8. The highest BCUT2D eigenvalue weighted by molar-refractivity contribution is 5.96. The molecule has 0 bridgehead atoms. The van der Waals surface area contributed by atoms with Crippen LogP contribution in [0.15, 0.2) is 0 Å². The molecule has 0 spiro atoms. The van der Waals surface area contributed by atoms with Crippen LogP contribution in [0.3, 0.4) is 0 Å². The second-order valence-corrected chi connectivity index (χ2v) is 13.8. The van der Waals surface area contributed by atoms with Crippen molar-refractivity contribution in [2.24, 2.45) is 23.3 Å². The zero-order valence-electron chi connectivity index (χ0n) is 31.4. The van der Waals surface area contributed by atoms with E-state index in [1.807, 2.05) is 13.8 Å². The number of hydrogen-bond acceptors (Lipinski definition) is 12. The third-order valence-corrected chi connectivity index (χ3v) is 8.46. The van der Waals surface area contributed by atoms with Crippen molar-refractivity contribution in [3.05, 3.63) is 0 Å². The van der Waals surface area contributed by atoms with Crippen molar-refractivity contribution in [1.29, 1.82) is 0 Å². The maximum atomic E-state index is 13.7. The fourth-order valence-corrected chi connectivity index (χ4v) is 5.36. The fourth-order valence-electron chi connectivity index (χ4n) is 5.36. The van der Waals surface area contributed by atoms with Gasteiger partial charge in [0.15, 0.2) is 0 Å². The number of hydrogen-bond donors (Lipinski definition) is 11. The third-order valence-electron chi connectivity index (χ3n) is 8.46. The molecule has 1 heterocycles. The molecule has 1 rings (SSSR count). The zero-order chi connectivity index (χ0) is 42.0. The van der Waals surface area contributed by atoms with Crippen LogP contribution in [0, 0.1) is 11.8 Å². The molecule has 0 aromatic carbocycles. The van der Waals surface area contributed by atoms with E-state index in [9.17, 15) is 58.2 Å². The van der Waals surface area contributed by atoms with Gasteiger partial charge in [-0.05, 0) is 43.9 Å². The number of aliphatic hydroxyl groups excluding tert-OH is 1. The molecule has 1 fully saturated rings. The lowest BCUT2D eigenvalue weighted by molar-refractivity contribution is -0.143. The summed E-state index contributed by atoms with van der Waals surface area (Å²) in [5, 5.41) is 41.9. The molecule has 0 aromatic heterocycles. The number of carbonyl (C=O) groups is 10. The normalized spacial score (nSPS) is 16.5. The number of carboxylic acid groups (broad SMARTS) is 2. The molecule has 1 saturated heterocycles. The average molecular weight is 786 g/mol. The van der Waals surface area contributed by atoms with Crippen molar-refractivity contribution in [3.63, 3.8) is 0 Å². The van der Waals surface area contributed by atoms with Gasteiger partial charge in [-0.2, -0.15) is 0 Å². The molecule has 310 valence electrons. The molecule has 8 amide bonds. The van der Waals surface area contributed by atoms with E-state index in [4.69, 9.17) is 16.6 Å². The standard InChI is InChI=1S/C33H55N9O13/c1-16(2)12-20(40-29(50)21(15-43)41-31(52)27(35)17(3)4)32(53)42-11-5-6-22(42)30(51)37-13-24(45)36-14-25(46)38-18(7-9-23(34)44)28(49)39-19(33(54)55)8-10-26(47)48/h16-22,27,43H,5-15,35H2,1-4H3,(H2,34,44)(H,36,45)(H,37,51)(H,38,46)(H,39,49)(H,40,50)(H,41,52)(H,47,48)(H,54,55)/t18-,19-,20-,21-,22-,27-/m0/s1. The van der Waals surface area contributed by atoms with Crippen molar-refractivity contribution in [2.45, 2.75) is 109 Å². The van der Waals surface area contributed by atoms with Crippen molar-refractivity contribution in [1.82, 2.24) is 36.8 Å². The highest BCUT2D eigenvalue weighted by Crippen LogP contribution is 2.20. The van der Waals surface area contributed by atoms with Crippen LogP contribution >= 0.6 is 0 Å². The molecule has 1 aliphatic rings. The Morgan fingerprint density at radius 2 is 1.29 bits per heavy atom. The lowest BCUT2D eigenvalue weighted by Gasteiger charge is -2.30. The summed E-state index contributed by atoms with van der Waals surface area (Å²) in [6, 6.07) is -7.56. The van der Waals surface area contributed by atoms with E-state index >= 15 is 0 Å². The van der Waals surface area contributed by atoms with Gasteiger partial charge in [-0.25, -0.2) is 4.79 Å². The molecule has 22 heteroatoms. The lowest BCUT2D eigenvalue weighted by atomic mass is 10.0. The van der Waals surface area contributed by atoms with Gasteiger partial charge in [0, 0.05) is 19.4 Å². The molecule has 1 aliphatic heterocycles. The number of nitrogens with zero attached hydrogens (tertiary/aromatic N) is 1. The first-order valence-electron chi connectivity index (χ1n) is 17.8. The quantitative estimate of drug-likeness (QED) is 0.0439. The first kappa shape index (κ1) is 47.6. The monoisotopic (exact) mass is 785 g/mol. The fraction of sp³-hybridized carbons (Fsp3) is 0.697. The summed E-state index contributed by atoms with van der Waals surface area (Å²) in [5.74, 6) is -9.59. The van der Waals surface area contributed by atoms with E-state index in [-0.39, 0.29) is 44.1 Å². The number of carbonyl (C=O) groups excluding carboxylic acids is 8. The number of aliphatic carboxylic acids is 2. The van der Waals surface area contributed by atoms with Gasteiger partial charge in [-0.1, -0.05) is 27.7 Å². The topological polar surface area (TPSA) is 359 Å². The van der Waals surface area contributed by atoms with Crippen LogP contribution in [-0.2, 0) is 47.9 Å². The van der Waals surface area contributed by atoms with Crippen LogP contribution in [0.25, 0.3) is 0 Å². The number of nitrogens with two attached hydrogens (primary N) is 2. The van der Waals surface area contributed by atoms with Gasteiger partial charge in [0.2, 0.25) is 47.3 Å². The second kappa shape index (κ2) is 23.4. The molecular weight excluding hydrogens is 730 g/mol. The van der Waals surface area contributed by atoms with Gasteiger partial charge < -0.3 is 63.6 Å². The molecule has 0 unspecified atom stereocenters. The van der Waals surface area contributed by atoms with Crippen LogP contribution in [0.4, 0.5) is 0 Å². The van der Waals surface area contributed by atoms with Crippen molar-refractivity contribution < 1.29 is 63.3 Å². The first-order valence-corrected chi connectivity index (χ1v) is 17.8. The molecule has 55 heavy (non-hydrogen) atoms. The highest BCUT2D eigenvalue weighted by Gasteiger charge is 2.39. The number of aliphatic hydroxyl groups is 1. The minimum atomic E-state index is -1.61. The van der Waals surface area contributed by atoms with Gasteiger partial charge in [-0.3, -0.25) is 43.2 Å². The van der Waals surface area contributed by atoms with Gasteiger partial charge in [-0.15, -0.1) is 0 Å². The molecule has 0 aromatic rings. The highest BCUT2D eigenvalue weighted by atomic mass is 16.4.